The molecule has 1 atom stereocenters. The van der Waals surface area contributed by atoms with E-state index in [0.717, 1.165) is 6.54 Å². The summed E-state index contributed by atoms with van der Waals surface area (Å²) in [5, 5.41) is 0.112. The number of aromatic nitrogens is 3. The molecule has 0 radical (unpaired) electrons. The maximum Gasteiger partial charge on any atom is 0.231 e. The van der Waals surface area contributed by atoms with Gasteiger partial charge in [0.1, 0.15) is 0 Å². The lowest BCUT2D eigenvalue weighted by Crippen LogP contribution is -2.28. The van der Waals surface area contributed by atoms with Gasteiger partial charge < -0.3 is 10.6 Å². The second-order valence-electron chi connectivity index (χ2n) is 4.14. The average Bonchev–Trinajstić information content (AvgIpc) is 2.39. The van der Waals surface area contributed by atoms with Gasteiger partial charge in [-0.2, -0.15) is 15.0 Å². The van der Waals surface area contributed by atoms with Gasteiger partial charge >= 0.3 is 0 Å². The van der Waals surface area contributed by atoms with Crippen molar-refractivity contribution in [3.63, 3.8) is 0 Å². The first-order chi connectivity index (χ1) is 9.11. The van der Waals surface area contributed by atoms with Gasteiger partial charge in [0.25, 0.3) is 0 Å². The Kier molecular flexibility index (Phi) is 4.16. The van der Waals surface area contributed by atoms with Gasteiger partial charge in [-0.3, -0.25) is 0 Å². The number of nitrogens with two attached hydrogens (primary N) is 1. The fraction of sp³-hybridized carbons (Fsp3) is 0.308. The Labute approximate surface area is 117 Å². The summed E-state index contributed by atoms with van der Waals surface area (Å²) in [6, 6.07) is 10.3. The van der Waals surface area contributed by atoms with Crippen molar-refractivity contribution in [3.8, 4) is 0 Å². The zero-order chi connectivity index (χ0) is 13.8. The van der Waals surface area contributed by atoms with Crippen LogP contribution in [0.3, 0.4) is 0 Å². The van der Waals surface area contributed by atoms with E-state index in [2.05, 4.69) is 34.0 Å². The minimum atomic E-state index is 0.112. The van der Waals surface area contributed by atoms with E-state index in [1.165, 1.54) is 5.56 Å². The van der Waals surface area contributed by atoms with E-state index in [4.69, 9.17) is 17.3 Å². The monoisotopic (exact) mass is 277 g/mol. The molecule has 1 aromatic heterocycles. The molecule has 2 N–H and O–H groups in total. The standard InChI is InChI=1S/C13H16ClN5/c1-3-19(9(2)10-7-5-4-6-8-10)13-17-11(14)16-12(15)18-13/h4-9H,3H2,1-2H3,(H2,15,16,17,18). The van der Waals surface area contributed by atoms with Crippen molar-refractivity contribution in [1.82, 2.24) is 15.0 Å². The number of hydrogen-bond donors (Lipinski definition) is 1. The maximum atomic E-state index is 5.83. The molecule has 0 aliphatic carbocycles. The van der Waals surface area contributed by atoms with Gasteiger partial charge in [0.2, 0.25) is 17.2 Å². The topological polar surface area (TPSA) is 67.9 Å². The Hall–Kier alpha value is -1.88. The van der Waals surface area contributed by atoms with Crippen LogP contribution < -0.4 is 10.6 Å². The van der Waals surface area contributed by atoms with Gasteiger partial charge in [0.15, 0.2) is 0 Å². The van der Waals surface area contributed by atoms with E-state index >= 15 is 0 Å². The predicted octanol–water partition coefficient (Wildman–Crippen LogP) is 2.69. The highest BCUT2D eigenvalue weighted by molar-refractivity contribution is 6.28. The summed E-state index contributed by atoms with van der Waals surface area (Å²) in [6.07, 6.45) is 0. The first-order valence-electron chi connectivity index (χ1n) is 6.10. The normalized spacial score (nSPS) is 12.2. The molecule has 6 heteroatoms. The summed E-state index contributed by atoms with van der Waals surface area (Å²) >= 11 is 5.83. The molecular formula is C13H16ClN5. The van der Waals surface area contributed by atoms with Gasteiger partial charge in [-0.15, -0.1) is 0 Å². The van der Waals surface area contributed by atoms with Crippen molar-refractivity contribution in [2.45, 2.75) is 19.9 Å². The Morgan fingerprint density at radius 1 is 1.21 bits per heavy atom. The summed E-state index contributed by atoms with van der Waals surface area (Å²) < 4.78 is 0. The molecule has 1 unspecified atom stereocenters. The number of halogens is 1. The van der Waals surface area contributed by atoms with Crippen LogP contribution in [0.5, 0.6) is 0 Å². The van der Waals surface area contributed by atoms with E-state index in [1.807, 2.05) is 30.0 Å². The molecule has 1 aromatic carbocycles. The van der Waals surface area contributed by atoms with Crippen LogP contribution in [0.15, 0.2) is 30.3 Å². The fourth-order valence-corrected chi connectivity index (χ4v) is 2.15. The summed E-state index contributed by atoms with van der Waals surface area (Å²) in [6.45, 7) is 4.87. The maximum absolute atomic E-state index is 5.83. The van der Waals surface area contributed by atoms with Crippen LogP contribution in [0.4, 0.5) is 11.9 Å². The molecule has 0 fully saturated rings. The lowest BCUT2D eigenvalue weighted by molar-refractivity contribution is 0.666. The molecule has 1 heterocycles. The van der Waals surface area contributed by atoms with Crippen molar-refractivity contribution in [3.05, 3.63) is 41.2 Å². The lowest BCUT2D eigenvalue weighted by atomic mass is 10.1. The molecular weight excluding hydrogens is 262 g/mol. The first kappa shape index (κ1) is 13.5. The zero-order valence-corrected chi connectivity index (χ0v) is 11.7. The molecule has 0 aliphatic rings. The molecule has 2 aromatic rings. The second kappa shape index (κ2) is 5.84. The van der Waals surface area contributed by atoms with Gasteiger partial charge in [0, 0.05) is 6.54 Å². The van der Waals surface area contributed by atoms with Crippen LogP contribution >= 0.6 is 11.6 Å². The summed E-state index contributed by atoms with van der Waals surface area (Å²) in [5.74, 6) is 0.630. The van der Waals surface area contributed by atoms with Crippen LogP contribution in [0, 0.1) is 0 Å². The average molecular weight is 278 g/mol. The van der Waals surface area contributed by atoms with Crippen LogP contribution in [0.25, 0.3) is 0 Å². The molecule has 0 amide bonds. The SMILES string of the molecule is CCN(c1nc(N)nc(Cl)n1)C(C)c1ccccc1. The minimum absolute atomic E-state index is 0.112. The quantitative estimate of drug-likeness (QED) is 0.931. The van der Waals surface area contributed by atoms with Crippen LogP contribution in [0.1, 0.15) is 25.5 Å². The van der Waals surface area contributed by atoms with E-state index in [0.29, 0.717) is 5.95 Å². The number of nitrogen functional groups attached to an aromatic ring is 1. The van der Waals surface area contributed by atoms with E-state index in [-0.39, 0.29) is 17.3 Å². The third kappa shape index (κ3) is 3.12. The van der Waals surface area contributed by atoms with Crippen molar-refractivity contribution in [2.24, 2.45) is 0 Å². The second-order valence-corrected chi connectivity index (χ2v) is 4.47. The molecule has 0 spiro atoms. The molecule has 2 rings (SSSR count). The first-order valence-corrected chi connectivity index (χ1v) is 6.48. The molecule has 100 valence electrons. The third-order valence-corrected chi connectivity index (χ3v) is 3.13. The van der Waals surface area contributed by atoms with Crippen molar-refractivity contribution in [1.29, 1.82) is 0 Å². The summed E-state index contributed by atoms with van der Waals surface area (Å²) in [4.78, 5) is 14.1. The van der Waals surface area contributed by atoms with Crippen LogP contribution in [0.2, 0.25) is 5.28 Å². The molecule has 0 aliphatic heterocycles. The van der Waals surface area contributed by atoms with Crippen molar-refractivity contribution < 1.29 is 0 Å². The number of anilines is 2. The highest BCUT2D eigenvalue weighted by Crippen LogP contribution is 2.24. The van der Waals surface area contributed by atoms with Gasteiger partial charge in [0.05, 0.1) is 6.04 Å². The Morgan fingerprint density at radius 3 is 2.47 bits per heavy atom. The van der Waals surface area contributed by atoms with Gasteiger partial charge in [-0.1, -0.05) is 30.3 Å². The molecule has 0 saturated heterocycles. The Bertz CT molecular complexity index is 526. The van der Waals surface area contributed by atoms with E-state index < -0.39 is 0 Å². The highest BCUT2D eigenvalue weighted by atomic mass is 35.5. The lowest BCUT2D eigenvalue weighted by Gasteiger charge is -2.28. The zero-order valence-electron chi connectivity index (χ0n) is 10.9. The molecule has 0 saturated carbocycles. The number of benzene rings is 1. The highest BCUT2D eigenvalue weighted by Gasteiger charge is 2.18. The summed E-state index contributed by atoms with van der Waals surface area (Å²) in [5.41, 5.74) is 6.80. The summed E-state index contributed by atoms with van der Waals surface area (Å²) in [7, 11) is 0. The van der Waals surface area contributed by atoms with Crippen molar-refractivity contribution >= 4 is 23.5 Å². The van der Waals surface area contributed by atoms with E-state index in [9.17, 15) is 0 Å². The number of rotatable bonds is 4. The van der Waals surface area contributed by atoms with Gasteiger partial charge in [-0.25, -0.2) is 0 Å². The molecule has 0 bridgehead atoms. The largest absolute Gasteiger partial charge is 0.368 e. The number of hydrogen-bond acceptors (Lipinski definition) is 5. The predicted molar refractivity (Wildman–Crippen MR) is 77.1 cm³/mol. The Morgan fingerprint density at radius 2 is 1.89 bits per heavy atom. The fourth-order valence-electron chi connectivity index (χ4n) is 1.98. The van der Waals surface area contributed by atoms with Gasteiger partial charge in [-0.05, 0) is 31.0 Å². The van der Waals surface area contributed by atoms with Crippen LogP contribution in [-0.2, 0) is 0 Å². The van der Waals surface area contributed by atoms with E-state index in [1.54, 1.807) is 0 Å². The third-order valence-electron chi connectivity index (χ3n) is 2.96. The van der Waals surface area contributed by atoms with Crippen LogP contribution in [-0.4, -0.2) is 21.5 Å². The molecule has 19 heavy (non-hydrogen) atoms. The van der Waals surface area contributed by atoms with Crippen molar-refractivity contribution in [2.75, 3.05) is 17.2 Å². The smallest absolute Gasteiger partial charge is 0.231 e. The molecule has 5 nitrogen and oxygen atoms in total. The minimum Gasteiger partial charge on any atom is -0.368 e. The Balaban J connectivity index is 2.34. The number of nitrogens with zero attached hydrogens (tertiary/aromatic N) is 4.